The molecule has 2 aromatic carbocycles. The highest BCUT2D eigenvalue weighted by atomic mass is 16.3. The molecule has 3 nitrogen and oxygen atoms in total. The van der Waals surface area contributed by atoms with E-state index in [0.717, 1.165) is 18.7 Å². The van der Waals surface area contributed by atoms with E-state index in [0.29, 0.717) is 17.4 Å². The fraction of sp³-hybridized carbons (Fsp3) is 0.200. The van der Waals surface area contributed by atoms with Crippen molar-refractivity contribution in [3.05, 3.63) is 53.6 Å². The number of hydrogen-bond donors (Lipinski definition) is 3. The number of nitrogens with one attached hydrogen (secondary N) is 1. The lowest BCUT2D eigenvalue weighted by Crippen LogP contribution is -2.21. The molecule has 0 aliphatic carbocycles. The van der Waals surface area contributed by atoms with Crippen molar-refractivity contribution in [3.63, 3.8) is 0 Å². The second kappa shape index (κ2) is 4.26. The zero-order valence-corrected chi connectivity index (χ0v) is 9.93. The molecule has 18 heavy (non-hydrogen) atoms. The molecular weight excluding hydrogens is 226 g/mol. The van der Waals surface area contributed by atoms with Crippen LogP contribution in [0.4, 0.5) is 5.69 Å². The molecule has 1 unspecified atom stereocenters. The summed E-state index contributed by atoms with van der Waals surface area (Å²) in [6.07, 6.45) is 0.952. The van der Waals surface area contributed by atoms with Crippen LogP contribution in [-0.4, -0.2) is 16.8 Å². The van der Waals surface area contributed by atoms with Gasteiger partial charge in [-0.3, -0.25) is 0 Å². The molecule has 3 N–H and O–H groups in total. The van der Waals surface area contributed by atoms with Gasteiger partial charge in [-0.1, -0.05) is 18.2 Å². The zero-order valence-electron chi connectivity index (χ0n) is 9.93. The summed E-state index contributed by atoms with van der Waals surface area (Å²) in [5.74, 6) is 1.000. The number of aromatic hydroxyl groups is 2. The van der Waals surface area contributed by atoms with E-state index in [9.17, 15) is 10.2 Å². The highest BCUT2D eigenvalue weighted by molar-refractivity contribution is 5.57. The van der Waals surface area contributed by atoms with Gasteiger partial charge in [0, 0.05) is 24.2 Å². The molecule has 0 saturated heterocycles. The molecule has 0 aromatic heterocycles. The highest BCUT2D eigenvalue weighted by Gasteiger charge is 2.19. The maximum absolute atomic E-state index is 9.43. The van der Waals surface area contributed by atoms with Gasteiger partial charge in [-0.15, -0.1) is 0 Å². The van der Waals surface area contributed by atoms with Crippen molar-refractivity contribution in [1.29, 1.82) is 0 Å². The summed E-state index contributed by atoms with van der Waals surface area (Å²) in [7, 11) is 0. The van der Waals surface area contributed by atoms with Gasteiger partial charge < -0.3 is 15.5 Å². The Hall–Kier alpha value is -2.16. The van der Waals surface area contributed by atoms with Crippen molar-refractivity contribution in [2.45, 2.75) is 12.3 Å². The van der Waals surface area contributed by atoms with Gasteiger partial charge in [0.1, 0.15) is 11.5 Å². The van der Waals surface area contributed by atoms with Crippen LogP contribution in [-0.2, 0) is 6.42 Å². The monoisotopic (exact) mass is 241 g/mol. The number of phenols is 2. The lowest BCUT2D eigenvalue weighted by molar-refractivity contribution is 0.473. The Bertz CT molecular complexity index is 563. The van der Waals surface area contributed by atoms with E-state index < -0.39 is 0 Å². The molecule has 1 atom stereocenters. The van der Waals surface area contributed by atoms with Crippen LogP contribution in [0.5, 0.6) is 11.5 Å². The number of hydrogen-bond acceptors (Lipinski definition) is 3. The number of anilines is 1. The third kappa shape index (κ3) is 1.99. The maximum Gasteiger partial charge on any atom is 0.117 e. The second-order valence-corrected chi connectivity index (χ2v) is 4.71. The van der Waals surface area contributed by atoms with Crippen LogP contribution in [0.15, 0.2) is 42.5 Å². The van der Waals surface area contributed by atoms with Gasteiger partial charge in [0.2, 0.25) is 0 Å². The molecule has 0 spiro atoms. The summed E-state index contributed by atoms with van der Waals surface area (Å²) < 4.78 is 0. The first-order valence-corrected chi connectivity index (χ1v) is 6.07. The molecule has 1 heterocycles. The predicted molar refractivity (Wildman–Crippen MR) is 71.1 cm³/mol. The molecule has 0 bridgehead atoms. The highest BCUT2D eigenvalue weighted by Crippen LogP contribution is 2.32. The summed E-state index contributed by atoms with van der Waals surface area (Å²) in [6, 6.07) is 12.8. The Morgan fingerprint density at radius 2 is 1.67 bits per heavy atom. The summed E-state index contributed by atoms with van der Waals surface area (Å²) in [4.78, 5) is 0. The standard InChI is InChI=1S/C15H15NO2/c17-13-4-1-10(2-5-13)12-7-11-3-6-14(18)8-15(11)16-9-12/h1-6,8,12,16-18H,7,9H2. The topological polar surface area (TPSA) is 52.5 Å². The van der Waals surface area contributed by atoms with E-state index in [1.165, 1.54) is 11.1 Å². The van der Waals surface area contributed by atoms with Gasteiger partial charge in [0.25, 0.3) is 0 Å². The van der Waals surface area contributed by atoms with Gasteiger partial charge in [-0.2, -0.15) is 0 Å². The van der Waals surface area contributed by atoms with Gasteiger partial charge in [-0.05, 0) is 35.7 Å². The molecule has 3 heteroatoms. The first-order valence-electron chi connectivity index (χ1n) is 6.07. The minimum atomic E-state index is 0.296. The van der Waals surface area contributed by atoms with Crippen molar-refractivity contribution in [1.82, 2.24) is 0 Å². The van der Waals surface area contributed by atoms with Crippen molar-refractivity contribution in [2.24, 2.45) is 0 Å². The van der Waals surface area contributed by atoms with E-state index >= 15 is 0 Å². The van der Waals surface area contributed by atoms with Gasteiger partial charge >= 0.3 is 0 Å². The zero-order chi connectivity index (χ0) is 12.5. The van der Waals surface area contributed by atoms with Crippen LogP contribution < -0.4 is 5.32 Å². The Kier molecular flexibility index (Phi) is 2.59. The average Bonchev–Trinajstić information content (AvgIpc) is 2.39. The Morgan fingerprint density at radius 1 is 0.944 bits per heavy atom. The smallest absolute Gasteiger partial charge is 0.117 e. The van der Waals surface area contributed by atoms with Crippen LogP contribution in [0.3, 0.4) is 0 Å². The number of benzene rings is 2. The fourth-order valence-corrected chi connectivity index (χ4v) is 2.46. The van der Waals surface area contributed by atoms with Crippen LogP contribution >= 0.6 is 0 Å². The molecule has 0 saturated carbocycles. The fourth-order valence-electron chi connectivity index (χ4n) is 2.46. The van der Waals surface area contributed by atoms with E-state index in [2.05, 4.69) is 5.32 Å². The normalized spacial score (nSPS) is 17.9. The molecule has 1 aliphatic rings. The second-order valence-electron chi connectivity index (χ2n) is 4.71. The third-order valence-corrected chi connectivity index (χ3v) is 3.46. The van der Waals surface area contributed by atoms with E-state index in [1.54, 1.807) is 24.3 Å². The molecule has 2 aromatic rings. The number of phenolic OH excluding ortho intramolecular Hbond substituents is 2. The SMILES string of the molecule is Oc1ccc(C2CNc3cc(O)ccc3C2)cc1. The molecule has 92 valence electrons. The maximum atomic E-state index is 9.43. The van der Waals surface area contributed by atoms with Gasteiger partial charge in [0.15, 0.2) is 0 Å². The summed E-state index contributed by atoms with van der Waals surface area (Å²) in [6.45, 7) is 0.848. The Morgan fingerprint density at radius 3 is 2.44 bits per heavy atom. The van der Waals surface area contributed by atoms with Crippen LogP contribution in [0, 0.1) is 0 Å². The molecule has 0 radical (unpaired) electrons. The van der Waals surface area contributed by atoms with Crippen LogP contribution in [0.25, 0.3) is 0 Å². The molecule has 0 fully saturated rings. The number of fused-ring (bicyclic) bond motifs is 1. The minimum Gasteiger partial charge on any atom is -0.508 e. The minimum absolute atomic E-state index is 0.296. The van der Waals surface area contributed by atoms with E-state index in [4.69, 9.17) is 0 Å². The lowest BCUT2D eigenvalue weighted by atomic mass is 9.88. The molecule has 0 amide bonds. The first-order chi connectivity index (χ1) is 8.72. The first kappa shape index (κ1) is 11.0. The Balaban J connectivity index is 1.86. The predicted octanol–water partition coefficient (Wildman–Crippen LogP) is 2.85. The average molecular weight is 241 g/mol. The lowest BCUT2D eigenvalue weighted by Gasteiger charge is -2.26. The molecule has 3 rings (SSSR count). The van der Waals surface area contributed by atoms with Crippen molar-refractivity contribution < 1.29 is 10.2 Å². The van der Waals surface area contributed by atoms with Gasteiger partial charge in [-0.25, -0.2) is 0 Å². The van der Waals surface area contributed by atoms with E-state index in [-0.39, 0.29) is 0 Å². The van der Waals surface area contributed by atoms with Crippen molar-refractivity contribution >= 4 is 5.69 Å². The summed E-state index contributed by atoms with van der Waals surface area (Å²) in [5, 5.41) is 22.1. The number of rotatable bonds is 1. The van der Waals surface area contributed by atoms with Gasteiger partial charge in [0.05, 0.1) is 0 Å². The molecular formula is C15H15NO2. The quantitative estimate of drug-likeness (QED) is 0.719. The third-order valence-electron chi connectivity index (χ3n) is 3.46. The van der Waals surface area contributed by atoms with Crippen molar-refractivity contribution in [2.75, 3.05) is 11.9 Å². The molecule has 1 aliphatic heterocycles. The van der Waals surface area contributed by atoms with E-state index in [1.807, 2.05) is 18.2 Å². The largest absolute Gasteiger partial charge is 0.508 e. The summed E-state index contributed by atoms with van der Waals surface area (Å²) >= 11 is 0. The summed E-state index contributed by atoms with van der Waals surface area (Å²) in [5.41, 5.74) is 3.46. The van der Waals surface area contributed by atoms with Crippen molar-refractivity contribution in [3.8, 4) is 11.5 Å². The van der Waals surface area contributed by atoms with Crippen LogP contribution in [0.1, 0.15) is 17.0 Å². The van der Waals surface area contributed by atoms with Crippen LogP contribution in [0.2, 0.25) is 0 Å². The Labute approximate surface area is 106 Å².